The number of carbonyl (C=O) groups is 2. The Morgan fingerprint density at radius 3 is 2.66 bits per heavy atom. The number of carbonyl (C=O) groups excluding carboxylic acids is 2. The number of aromatic nitrogens is 3. The van der Waals surface area contributed by atoms with Gasteiger partial charge in [0, 0.05) is 17.8 Å². The van der Waals surface area contributed by atoms with Crippen LogP contribution in [0.25, 0.3) is 11.0 Å². The second-order valence-corrected chi connectivity index (χ2v) is 10.8. The highest BCUT2D eigenvalue weighted by atomic mass is 35.5. The van der Waals surface area contributed by atoms with E-state index in [1.807, 2.05) is 17.0 Å². The SMILES string of the molecule is CC1(F)CN(C(=O)Cn2c(=O)c(C(=O)NCc3ccc(Cl)cc3)cc3c4c(cnc32)N(c2cccnc2)CCO4)C1. The van der Waals surface area contributed by atoms with Crippen LogP contribution in [0.2, 0.25) is 5.02 Å². The summed E-state index contributed by atoms with van der Waals surface area (Å²) in [6, 6.07) is 12.1. The van der Waals surface area contributed by atoms with E-state index in [1.54, 1.807) is 42.9 Å². The lowest BCUT2D eigenvalue weighted by molar-refractivity contribution is -0.144. The number of rotatable bonds is 6. The molecule has 41 heavy (non-hydrogen) atoms. The summed E-state index contributed by atoms with van der Waals surface area (Å²) in [5, 5.41) is 3.74. The molecule has 2 amide bonds. The number of amides is 2. The minimum absolute atomic E-state index is 0.0637. The van der Waals surface area contributed by atoms with Crippen LogP contribution in [0, 0.1) is 0 Å². The standard InChI is InChI=1S/C29H26ClFN6O4/c1-29(31)16-35(17-29)24(38)15-37-26-21(11-22(28(37)40)27(39)34-12-18-4-6-19(30)7-5-18)25-23(14-33-26)36(9-10-41-25)20-3-2-8-32-13-20/h2-8,11,13-14H,9-10,12,15-17H2,1H3,(H,34,39). The fraction of sp³-hybridized carbons (Fsp3) is 0.276. The Bertz CT molecular complexity index is 1700. The van der Waals surface area contributed by atoms with Crippen LogP contribution in [0.5, 0.6) is 5.75 Å². The van der Waals surface area contributed by atoms with Crippen LogP contribution in [-0.2, 0) is 17.9 Å². The third-order valence-electron chi connectivity index (χ3n) is 7.15. The summed E-state index contributed by atoms with van der Waals surface area (Å²) in [7, 11) is 0. The van der Waals surface area contributed by atoms with E-state index >= 15 is 0 Å². The maximum atomic E-state index is 14.1. The fourth-order valence-electron chi connectivity index (χ4n) is 5.12. The smallest absolute Gasteiger partial charge is 0.265 e. The molecule has 5 heterocycles. The summed E-state index contributed by atoms with van der Waals surface area (Å²) in [4.78, 5) is 52.1. The molecule has 3 aromatic heterocycles. The molecule has 1 aromatic carbocycles. The second kappa shape index (κ2) is 10.5. The Labute approximate surface area is 239 Å². The molecular formula is C29H26ClFN6O4. The third kappa shape index (κ3) is 5.20. The number of alkyl halides is 1. The second-order valence-electron chi connectivity index (χ2n) is 10.3. The van der Waals surface area contributed by atoms with Gasteiger partial charge in [-0.2, -0.15) is 0 Å². The van der Waals surface area contributed by atoms with Crippen LogP contribution in [0.1, 0.15) is 22.8 Å². The summed E-state index contributed by atoms with van der Waals surface area (Å²) >= 11 is 5.96. The molecule has 0 bridgehead atoms. The molecule has 0 radical (unpaired) electrons. The summed E-state index contributed by atoms with van der Waals surface area (Å²) in [5.74, 6) is -0.635. The van der Waals surface area contributed by atoms with Crippen LogP contribution in [0.4, 0.5) is 15.8 Å². The molecule has 1 N–H and O–H groups in total. The van der Waals surface area contributed by atoms with Crippen molar-refractivity contribution in [1.29, 1.82) is 0 Å². The number of benzene rings is 1. The highest BCUT2D eigenvalue weighted by Crippen LogP contribution is 2.40. The molecule has 210 valence electrons. The van der Waals surface area contributed by atoms with Gasteiger partial charge >= 0.3 is 0 Å². The zero-order valence-corrected chi connectivity index (χ0v) is 22.9. The first-order valence-corrected chi connectivity index (χ1v) is 13.4. The highest BCUT2D eigenvalue weighted by molar-refractivity contribution is 6.30. The van der Waals surface area contributed by atoms with Crippen molar-refractivity contribution in [3.63, 3.8) is 0 Å². The van der Waals surface area contributed by atoms with Gasteiger partial charge in [-0.15, -0.1) is 0 Å². The first kappa shape index (κ1) is 26.7. The van der Waals surface area contributed by atoms with E-state index in [0.717, 1.165) is 15.8 Å². The van der Waals surface area contributed by atoms with Crippen molar-refractivity contribution in [2.45, 2.75) is 25.7 Å². The largest absolute Gasteiger partial charge is 0.489 e. The average molecular weight is 577 g/mol. The van der Waals surface area contributed by atoms with E-state index in [9.17, 15) is 18.8 Å². The Morgan fingerprint density at radius 1 is 1.17 bits per heavy atom. The molecule has 6 rings (SSSR count). The normalized spacial score (nSPS) is 15.6. The maximum Gasteiger partial charge on any atom is 0.265 e. The zero-order valence-electron chi connectivity index (χ0n) is 22.1. The summed E-state index contributed by atoms with van der Waals surface area (Å²) in [5.41, 5.74) is 0.123. The van der Waals surface area contributed by atoms with Crippen LogP contribution < -0.4 is 20.5 Å². The molecule has 1 fully saturated rings. The molecule has 12 heteroatoms. The summed E-state index contributed by atoms with van der Waals surface area (Å²) in [6.45, 7) is 1.92. The van der Waals surface area contributed by atoms with Crippen LogP contribution in [0.3, 0.4) is 0 Å². The molecule has 2 aliphatic rings. The number of ether oxygens (including phenoxy) is 1. The highest BCUT2D eigenvalue weighted by Gasteiger charge is 2.41. The van der Waals surface area contributed by atoms with Gasteiger partial charge in [0.1, 0.15) is 35.7 Å². The van der Waals surface area contributed by atoms with Crippen molar-refractivity contribution >= 4 is 45.8 Å². The lowest BCUT2D eigenvalue weighted by Crippen LogP contribution is -2.60. The molecule has 0 spiro atoms. The molecule has 1 saturated heterocycles. The number of halogens is 2. The third-order valence-corrected chi connectivity index (χ3v) is 7.41. The number of hydrogen-bond donors (Lipinski definition) is 1. The maximum absolute atomic E-state index is 14.1. The summed E-state index contributed by atoms with van der Waals surface area (Å²) < 4.78 is 21.3. The van der Waals surface area contributed by atoms with E-state index in [0.29, 0.717) is 35.0 Å². The number of hydrogen-bond acceptors (Lipinski definition) is 7. The van der Waals surface area contributed by atoms with E-state index in [4.69, 9.17) is 16.3 Å². The van der Waals surface area contributed by atoms with E-state index in [-0.39, 0.29) is 30.8 Å². The Kier molecular flexibility index (Phi) is 6.82. The molecule has 2 aliphatic heterocycles. The van der Waals surface area contributed by atoms with E-state index < -0.39 is 29.6 Å². The summed E-state index contributed by atoms with van der Waals surface area (Å²) in [6.07, 6.45) is 4.98. The van der Waals surface area contributed by atoms with Crippen molar-refractivity contribution in [3.05, 3.63) is 87.6 Å². The predicted molar refractivity (Wildman–Crippen MR) is 151 cm³/mol. The van der Waals surface area contributed by atoms with Crippen LogP contribution >= 0.6 is 11.6 Å². The molecule has 0 unspecified atom stereocenters. The van der Waals surface area contributed by atoms with E-state index in [1.165, 1.54) is 17.9 Å². The van der Waals surface area contributed by atoms with Gasteiger partial charge < -0.3 is 19.9 Å². The van der Waals surface area contributed by atoms with E-state index in [2.05, 4.69) is 15.3 Å². The number of nitrogens with zero attached hydrogens (tertiary/aromatic N) is 5. The Balaban J connectivity index is 1.42. The predicted octanol–water partition coefficient (Wildman–Crippen LogP) is 3.48. The first-order valence-electron chi connectivity index (χ1n) is 13.1. The number of nitrogens with one attached hydrogen (secondary N) is 1. The average Bonchev–Trinajstić information content (AvgIpc) is 2.96. The van der Waals surface area contributed by atoms with Gasteiger partial charge in [-0.05, 0) is 42.8 Å². The van der Waals surface area contributed by atoms with Crippen LogP contribution in [-0.4, -0.2) is 63.2 Å². The number of anilines is 2. The van der Waals surface area contributed by atoms with Gasteiger partial charge in [0.05, 0.1) is 43.1 Å². The van der Waals surface area contributed by atoms with Gasteiger partial charge in [0.2, 0.25) is 5.91 Å². The topological polar surface area (TPSA) is 110 Å². The Hall–Kier alpha value is -4.51. The quantitative estimate of drug-likeness (QED) is 0.374. The molecule has 0 aliphatic carbocycles. The minimum Gasteiger partial charge on any atom is -0.489 e. The van der Waals surface area contributed by atoms with Crippen LogP contribution in [0.15, 0.2) is 65.8 Å². The van der Waals surface area contributed by atoms with Gasteiger partial charge in [-0.25, -0.2) is 9.37 Å². The molecule has 0 atom stereocenters. The molecule has 0 saturated carbocycles. The van der Waals surface area contributed by atoms with Crippen molar-refractivity contribution in [3.8, 4) is 5.75 Å². The van der Waals surface area contributed by atoms with Crippen molar-refractivity contribution in [2.75, 3.05) is 31.1 Å². The first-order chi connectivity index (χ1) is 19.7. The van der Waals surface area contributed by atoms with Gasteiger partial charge in [0.25, 0.3) is 11.5 Å². The minimum atomic E-state index is -1.47. The molecule has 4 aromatic rings. The lowest BCUT2D eigenvalue weighted by atomic mass is 9.99. The lowest BCUT2D eigenvalue weighted by Gasteiger charge is -2.42. The molecular weight excluding hydrogens is 551 g/mol. The fourth-order valence-corrected chi connectivity index (χ4v) is 5.24. The number of fused-ring (bicyclic) bond motifs is 3. The molecule has 10 nitrogen and oxygen atoms in total. The van der Waals surface area contributed by atoms with Gasteiger partial charge in [-0.3, -0.25) is 23.9 Å². The Morgan fingerprint density at radius 2 is 1.95 bits per heavy atom. The monoisotopic (exact) mass is 576 g/mol. The van der Waals surface area contributed by atoms with Gasteiger partial charge in [-0.1, -0.05) is 23.7 Å². The zero-order chi connectivity index (χ0) is 28.7. The van der Waals surface area contributed by atoms with Crippen molar-refractivity contribution in [1.82, 2.24) is 24.8 Å². The van der Waals surface area contributed by atoms with Crippen molar-refractivity contribution in [2.24, 2.45) is 0 Å². The number of pyridine rings is 3. The van der Waals surface area contributed by atoms with Crippen molar-refractivity contribution < 1.29 is 18.7 Å². The van der Waals surface area contributed by atoms with Gasteiger partial charge in [0.15, 0.2) is 5.75 Å². The number of likely N-dealkylation sites (tertiary alicyclic amines) is 1.